The van der Waals surface area contributed by atoms with E-state index in [0.717, 1.165) is 36.2 Å². The summed E-state index contributed by atoms with van der Waals surface area (Å²) in [5.41, 5.74) is 3.01. The van der Waals surface area contributed by atoms with Gasteiger partial charge in [-0.15, -0.1) is 0 Å². The zero-order chi connectivity index (χ0) is 16.7. The van der Waals surface area contributed by atoms with Gasteiger partial charge in [0.2, 0.25) is 0 Å². The number of rotatable bonds is 3. The first-order valence-corrected chi connectivity index (χ1v) is 7.72. The second-order valence-electron chi connectivity index (χ2n) is 5.62. The van der Waals surface area contributed by atoms with Crippen LogP contribution in [0.4, 0.5) is 0 Å². The molecule has 0 atom stereocenters. The molecule has 122 valence electrons. The Morgan fingerprint density at radius 1 is 1.12 bits per heavy atom. The van der Waals surface area contributed by atoms with Crippen LogP contribution in [0.25, 0.3) is 6.08 Å². The van der Waals surface area contributed by atoms with E-state index in [0.29, 0.717) is 23.2 Å². The van der Waals surface area contributed by atoms with Gasteiger partial charge in [0.05, 0.1) is 25.6 Å². The number of carbonyl (C=O) groups excluding carboxylic acids is 1. The number of hydrogen-bond acceptors (Lipinski definition) is 6. The van der Waals surface area contributed by atoms with Gasteiger partial charge in [-0.2, -0.15) is 15.1 Å². The van der Waals surface area contributed by atoms with Crippen molar-refractivity contribution in [2.45, 2.75) is 19.3 Å². The van der Waals surface area contributed by atoms with E-state index in [1.54, 1.807) is 26.4 Å². The van der Waals surface area contributed by atoms with Crippen LogP contribution in [0.1, 0.15) is 24.8 Å². The number of aliphatic imine (C=N–C) groups is 2. The Morgan fingerprint density at radius 2 is 1.96 bits per heavy atom. The molecule has 24 heavy (non-hydrogen) atoms. The minimum Gasteiger partial charge on any atom is -0.497 e. The van der Waals surface area contributed by atoms with Gasteiger partial charge in [-0.05, 0) is 37.5 Å². The van der Waals surface area contributed by atoms with Crippen molar-refractivity contribution in [3.05, 3.63) is 29.5 Å². The average molecular weight is 324 g/mol. The molecule has 0 aromatic heterocycles. The molecule has 1 amide bonds. The van der Waals surface area contributed by atoms with Crippen LogP contribution in [0.15, 0.2) is 39.0 Å². The lowest BCUT2D eigenvalue weighted by Crippen LogP contribution is -2.28. The molecule has 0 N–H and O–H groups in total. The molecule has 3 aliphatic rings. The number of carbonyl (C=O) groups is 1. The molecule has 2 heterocycles. The second-order valence-corrected chi connectivity index (χ2v) is 5.62. The standard InChI is InChI=1S/C17H16N4O3/c1-23-11-7-6-10(15(9-11)24-2)8-14-16(22)19-17-18-12-4-3-5-13(12)20-21(14)17/h6-9H,3-5H2,1-2H3. The highest BCUT2D eigenvalue weighted by Crippen LogP contribution is 2.31. The number of hydrogen-bond donors (Lipinski definition) is 0. The highest BCUT2D eigenvalue weighted by Gasteiger charge is 2.35. The first kappa shape index (κ1) is 14.6. The number of ether oxygens (including phenoxy) is 2. The van der Waals surface area contributed by atoms with Crippen LogP contribution in [-0.4, -0.2) is 42.5 Å². The number of amides is 1. The van der Waals surface area contributed by atoms with E-state index < -0.39 is 0 Å². The van der Waals surface area contributed by atoms with Gasteiger partial charge < -0.3 is 9.47 Å². The Morgan fingerprint density at radius 3 is 2.75 bits per heavy atom. The third kappa shape index (κ3) is 2.29. The number of guanidine groups is 1. The summed E-state index contributed by atoms with van der Waals surface area (Å²) in [4.78, 5) is 20.8. The zero-order valence-electron chi connectivity index (χ0n) is 13.4. The molecule has 1 aliphatic carbocycles. The van der Waals surface area contributed by atoms with Crippen molar-refractivity contribution in [2.24, 2.45) is 15.1 Å². The summed E-state index contributed by atoms with van der Waals surface area (Å²) in [6.45, 7) is 0. The van der Waals surface area contributed by atoms with Crippen molar-refractivity contribution in [3.63, 3.8) is 0 Å². The number of methoxy groups -OCH3 is 2. The third-order valence-corrected chi connectivity index (χ3v) is 4.19. The predicted octanol–water partition coefficient (Wildman–Crippen LogP) is 2.24. The van der Waals surface area contributed by atoms with E-state index in [4.69, 9.17) is 9.47 Å². The van der Waals surface area contributed by atoms with Crippen LogP contribution in [-0.2, 0) is 4.79 Å². The fraction of sp³-hybridized carbons (Fsp3) is 0.294. The Hall–Kier alpha value is -2.96. The monoisotopic (exact) mass is 324 g/mol. The van der Waals surface area contributed by atoms with Crippen LogP contribution < -0.4 is 9.47 Å². The van der Waals surface area contributed by atoms with Gasteiger partial charge in [0.15, 0.2) is 0 Å². The first-order chi connectivity index (χ1) is 11.7. The van der Waals surface area contributed by atoms with Crippen LogP contribution in [0.2, 0.25) is 0 Å². The van der Waals surface area contributed by atoms with E-state index in [-0.39, 0.29) is 5.91 Å². The van der Waals surface area contributed by atoms with E-state index in [9.17, 15) is 4.79 Å². The summed E-state index contributed by atoms with van der Waals surface area (Å²) >= 11 is 0. The number of fused-ring (bicyclic) bond motifs is 2. The van der Waals surface area contributed by atoms with Crippen molar-refractivity contribution >= 4 is 29.4 Å². The molecule has 1 saturated carbocycles. The van der Waals surface area contributed by atoms with E-state index in [1.165, 1.54) is 5.01 Å². The Balaban J connectivity index is 1.74. The average Bonchev–Trinajstić information content (AvgIpc) is 3.17. The van der Waals surface area contributed by atoms with Gasteiger partial charge in [0.25, 0.3) is 11.9 Å². The highest BCUT2D eigenvalue weighted by molar-refractivity contribution is 6.46. The minimum absolute atomic E-state index is 0.347. The Bertz CT molecular complexity index is 851. The molecule has 0 saturated heterocycles. The molecule has 0 radical (unpaired) electrons. The maximum Gasteiger partial charge on any atom is 0.299 e. The minimum atomic E-state index is -0.350. The molecule has 1 aromatic rings. The molecule has 0 bridgehead atoms. The summed E-state index contributed by atoms with van der Waals surface area (Å²) in [6.07, 6.45) is 4.54. The summed E-state index contributed by atoms with van der Waals surface area (Å²) in [5, 5.41) is 6.08. The van der Waals surface area contributed by atoms with Gasteiger partial charge >= 0.3 is 0 Å². The lowest BCUT2D eigenvalue weighted by molar-refractivity contribution is -0.114. The molecule has 7 heteroatoms. The zero-order valence-corrected chi connectivity index (χ0v) is 13.4. The van der Waals surface area contributed by atoms with Crippen molar-refractivity contribution < 1.29 is 14.3 Å². The first-order valence-electron chi connectivity index (χ1n) is 7.72. The molecule has 1 aromatic carbocycles. The van der Waals surface area contributed by atoms with Crippen LogP contribution in [0, 0.1) is 0 Å². The lowest BCUT2D eigenvalue weighted by atomic mass is 10.1. The van der Waals surface area contributed by atoms with E-state index in [1.807, 2.05) is 12.1 Å². The lowest BCUT2D eigenvalue weighted by Gasteiger charge is -2.18. The predicted molar refractivity (Wildman–Crippen MR) is 90.5 cm³/mol. The van der Waals surface area contributed by atoms with Crippen LogP contribution in [0.3, 0.4) is 0 Å². The molecule has 4 rings (SSSR count). The SMILES string of the molecule is COc1ccc(C=C2C(=O)N=C3N=C4CCCC4=NN23)c(OC)c1. The smallest absolute Gasteiger partial charge is 0.299 e. The normalized spacial score (nSPS) is 20.4. The summed E-state index contributed by atoms with van der Waals surface area (Å²) in [5.74, 6) is 1.29. The number of hydrazone groups is 1. The molecule has 7 nitrogen and oxygen atoms in total. The number of nitrogens with zero attached hydrogens (tertiary/aromatic N) is 4. The van der Waals surface area contributed by atoms with E-state index in [2.05, 4.69) is 15.1 Å². The van der Waals surface area contributed by atoms with Gasteiger partial charge in [-0.3, -0.25) is 4.79 Å². The topological polar surface area (TPSA) is 75.8 Å². The molecule has 0 unspecified atom stereocenters. The molecular weight excluding hydrogens is 308 g/mol. The highest BCUT2D eigenvalue weighted by atomic mass is 16.5. The fourth-order valence-electron chi connectivity index (χ4n) is 2.95. The fourth-order valence-corrected chi connectivity index (χ4v) is 2.95. The largest absolute Gasteiger partial charge is 0.497 e. The van der Waals surface area contributed by atoms with E-state index >= 15 is 0 Å². The molecule has 2 aliphatic heterocycles. The van der Waals surface area contributed by atoms with Gasteiger partial charge in [0.1, 0.15) is 17.2 Å². The number of benzene rings is 1. The maximum absolute atomic E-state index is 12.3. The Kier molecular flexibility index (Phi) is 3.41. The molecular formula is C17H16N4O3. The van der Waals surface area contributed by atoms with Crippen molar-refractivity contribution in [2.75, 3.05) is 14.2 Å². The van der Waals surface area contributed by atoms with Crippen LogP contribution in [0.5, 0.6) is 11.5 Å². The Labute approximate surface area is 139 Å². The van der Waals surface area contributed by atoms with Crippen molar-refractivity contribution in [1.29, 1.82) is 0 Å². The molecule has 1 fully saturated rings. The van der Waals surface area contributed by atoms with Crippen molar-refractivity contribution in [3.8, 4) is 11.5 Å². The van der Waals surface area contributed by atoms with Crippen LogP contribution >= 0.6 is 0 Å². The summed E-state index contributed by atoms with van der Waals surface area (Å²) in [7, 11) is 3.17. The van der Waals surface area contributed by atoms with Gasteiger partial charge in [-0.25, -0.2) is 4.99 Å². The third-order valence-electron chi connectivity index (χ3n) is 4.19. The van der Waals surface area contributed by atoms with Gasteiger partial charge in [-0.1, -0.05) is 0 Å². The van der Waals surface area contributed by atoms with Gasteiger partial charge in [0, 0.05) is 11.6 Å². The van der Waals surface area contributed by atoms with Crippen molar-refractivity contribution in [1.82, 2.24) is 5.01 Å². The summed E-state index contributed by atoms with van der Waals surface area (Å²) in [6, 6.07) is 5.41. The quantitative estimate of drug-likeness (QED) is 0.799. The second kappa shape index (κ2) is 5.59. The molecule has 0 spiro atoms. The maximum atomic E-state index is 12.3. The summed E-state index contributed by atoms with van der Waals surface area (Å²) < 4.78 is 10.6.